The van der Waals surface area contributed by atoms with Crippen LogP contribution in [-0.4, -0.2) is 49.7 Å². The highest BCUT2D eigenvalue weighted by Gasteiger charge is 2.32. The highest BCUT2D eigenvalue weighted by molar-refractivity contribution is 7.89. The maximum absolute atomic E-state index is 12.8. The molecule has 1 fully saturated rings. The molecule has 0 spiro atoms. The van der Waals surface area contributed by atoms with Gasteiger partial charge in [-0.1, -0.05) is 23.7 Å². The lowest BCUT2D eigenvalue weighted by molar-refractivity contribution is 0.0702. The van der Waals surface area contributed by atoms with Crippen molar-refractivity contribution >= 4 is 38.9 Å². The Bertz CT molecular complexity index is 926. The zero-order valence-corrected chi connectivity index (χ0v) is 16.5. The number of rotatable bonds is 3. The van der Waals surface area contributed by atoms with Crippen molar-refractivity contribution in [1.82, 2.24) is 9.21 Å². The molecule has 4 rings (SSSR count). The highest BCUT2D eigenvalue weighted by Crippen LogP contribution is 2.31. The minimum absolute atomic E-state index is 0.0131. The van der Waals surface area contributed by atoms with Gasteiger partial charge in [0.25, 0.3) is 5.91 Å². The number of halogens is 1. The Balaban J connectivity index is 1.45. The Hall–Kier alpha value is -1.41. The first-order valence-corrected chi connectivity index (χ1v) is 11.3. The predicted molar refractivity (Wildman–Crippen MR) is 102 cm³/mol. The number of amides is 1. The number of fused-ring (bicyclic) bond motifs is 1. The SMILES string of the molecule is O=C(c1cc2c(s1)CCC2)N1CCN(S(=O)(=O)c2ccccc2Cl)CC1. The van der Waals surface area contributed by atoms with E-state index in [0.29, 0.717) is 13.1 Å². The Morgan fingerprint density at radius 1 is 1.08 bits per heavy atom. The third kappa shape index (κ3) is 3.17. The van der Waals surface area contributed by atoms with Crippen molar-refractivity contribution in [1.29, 1.82) is 0 Å². The van der Waals surface area contributed by atoms with Gasteiger partial charge in [0.1, 0.15) is 4.90 Å². The molecule has 0 N–H and O–H groups in total. The monoisotopic (exact) mass is 410 g/mol. The standard InChI is InChI=1S/C18H19ClN2O3S2/c19-14-5-1-2-7-17(14)26(23,24)21-10-8-20(9-11-21)18(22)16-12-13-4-3-6-15(13)25-16/h1-2,5,7,12H,3-4,6,8-11H2. The summed E-state index contributed by atoms with van der Waals surface area (Å²) in [6.07, 6.45) is 3.30. The maximum atomic E-state index is 12.8. The van der Waals surface area contributed by atoms with Crippen LogP contribution in [0.1, 0.15) is 26.5 Å². The maximum Gasteiger partial charge on any atom is 0.264 e. The van der Waals surface area contributed by atoms with Crippen LogP contribution in [0, 0.1) is 0 Å². The molecular formula is C18H19ClN2O3S2. The van der Waals surface area contributed by atoms with Crippen LogP contribution in [0.3, 0.4) is 0 Å². The van der Waals surface area contributed by atoms with Crippen LogP contribution in [0.5, 0.6) is 0 Å². The summed E-state index contributed by atoms with van der Waals surface area (Å²) in [5.41, 5.74) is 1.30. The van der Waals surface area contributed by atoms with Crippen LogP contribution in [0.4, 0.5) is 0 Å². The fourth-order valence-corrected chi connectivity index (χ4v) is 6.65. The summed E-state index contributed by atoms with van der Waals surface area (Å²) in [5.74, 6) is 0.0131. The summed E-state index contributed by atoms with van der Waals surface area (Å²) >= 11 is 7.64. The summed E-state index contributed by atoms with van der Waals surface area (Å²) in [6.45, 7) is 1.35. The first kappa shape index (κ1) is 18.0. The van der Waals surface area contributed by atoms with Crippen molar-refractivity contribution in [3.05, 3.63) is 50.7 Å². The molecule has 0 bridgehead atoms. The molecule has 1 amide bonds. The molecule has 1 aromatic carbocycles. The van der Waals surface area contributed by atoms with Crippen LogP contribution < -0.4 is 0 Å². The van der Waals surface area contributed by atoms with Gasteiger partial charge in [-0.3, -0.25) is 4.79 Å². The van der Waals surface area contributed by atoms with Crippen molar-refractivity contribution in [2.24, 2.45) is 0 Å². The minimum Gasteiger partial charge on any atom is -0.335 e. The van der Waals surface area contributed by atoms with E-state index in [0.717, 1.165) is 17.7 Å². The second kappa shape index (κ2) is 6.96. The number of piperazine rings is 1. The first-order valence-electron chi connectivity index (χ1n) is 8.62. The Morgan fingerprint density at radius 2 is 1.81 bits per heavy atom. The lowest BCUT2D eigenvalue weighted by Crippen LogP contribution is -2.50. The average molecular weight is 411 g/mol. The molecule has 0 unspecified atom stereocenters. The summed E-state index contributed by atoms with van der Waals surface area (Å²) in [6, 6.07) is 8.47. The van der Waals surface area contributed by atoms with E-state index in [2.05, 4.69) is 0 Å². The third-order valence-corrected chi connectivity index (χ3v) is 8.56. The smallest absolute Gasteiger partial charge is 0.264 e. The first-order chi connectivity index (χ1) is 12.5. The lowest BCUT2D eigenvalue weighted by Gasteiger charge is -2.34. The van der Waals surface area contributed by atoms with Gasteiger partial charge in [0.05, 0.1) is 9.90 Å². The summed E-state index contributed by atoms with van der Waals surface area (Å²) < 4.78 is 27.0. The van der Waals surface area contributed by atoms with E-state index < -0.39 is 10.0 Å². The van der Waals surface area contributed by atoms with Crippen LogP contribution in [0.15, 0.2) is 35.2 Å². The van der Waals surface area contributed by atoms with E-state index in [1.54, 1.807) is 34.4 Å². The Morgan fingerprint density at radius 3 is 2.50 bits per heavy atom. The van der Waals surface area contributed by atoms with Crippen LogP contribution >= 0.6 is 22.9 Å². The van der Waals surface area contributed by atoms with Gasteiger partial charge in [0.2, 0.25) is 10.0 Å². The lowest BCUT2D eigenvalue weighted by atomic mass is 10.2. The fraction of sp³-hybridized carbons (Fsp3) is 0.389. The Labute approximate surface area is 162 Å². The van der Waals surface area contributed by atoms with Gasteiger partial charge >= 0.3 is 0 Å². The quantitative estimate of drug-likeness (QED) is 0.781. The zero-order chi connectivity index (χ0) is 18.3. The molecular weight excluding hydrogens is 392 g/mol. The molecule has 0 saturated carbocycles. The van der Waals surface area contributed by atoms with Crippen molar-refractivity contribution in [2.45, 2.75) is 24.2 Å². The van der Waals surface area contributed by atoms with E-state index in [4.69, 9.17) is 11.6 Å². The van der Waals surface area contributed by atoms with Gasteiger partial charge in [-0.2, -0.15) is 4.31 Å². The van der Waals surface area contributed by atoms with Gasteiger partial charge in [-0.25, -0.2) is 8.42 Å². The predicted octanol–water partition coefficient (Wildman–Crippen LogP) is 3.04. The van der Waals surface area contributed by atoms with E-state index in [9.17, 15) is 13.2 Å². The number of benzene rings is 1. The molecule has 5 nitrogen and oxygen atoms in total. The van der Waals surface area contributed by atoms with E-state index >= 15 is 0 Å². The highest BCUT2D eigenvalue weighted by atomic mass is 35.5. The van der Waals surface area contributed by atoms with Crippen molar-refractivity contribution < 1.29 is 13.2 Å². The third-order valence-electron chi connectivity index (χ3n) is 4.94. The summed E-state index contributed by atoms with van der Waals surface area (Å²) in [4.78, 5) is 16.7. The molecule has 1 aliphatic heterocycles. The summed E-state index contributed by atoms with van der Waals surface area (Å²) in [7, 11) is -3.64. The van der Waals surface area contributed by atoms with Gasteiger partial charge in [-0.15, -0.1) is 11.3 Å². The number of thiophene rings is 1. The number of hydrogen-bond donors (Lipinski definition) is 0. The van der Waals surface area contributed by atoms with Gasteiger partial charge in [0.15, 0.2) is 0 Å². The molecule has 138 valence electrons. The van der Waals surface area contributed by atoms with Gasteiger partial charge in [-0.05, 0) is 43.0 Å². The molecule has 2 aromatic rings. The van der Waals surface area contributed by atoms with Gasteiger partial charge < -0.3 is 4.90 Å². The number of carbonyl (C=O) groups is 1. The average Bonchev–Trinajstić information content (AvgIpc) is 3.23. The molecule has 26 heavy (non-hydrogen) atoms. The van der Waals surface area contributed by atoms with Crippen molar-refractivity contribution in [3.8, 4) is 0 Å². The fourth-order valence-electron chi connectivity index (χ4n) is 3.51. The number of carbonyl (C=O) groups excluding carboxylic acids is 1. The largest absolute Gasteiger partial charge is 0.335 e. The van der Waals surface area contributed by atoms with Crippen molar-refractivity contribution in [3.63, 3.8) is 0 Å². The van der Waals surface area contributed by atoms with Crippen LogP contribution in [0.25, 0.3) is 0 Å². The van der Waals surface area contributed by atoms with E-state index in [1.165, 1.54) is 27.2 Å². The van der Waals surface area contributed by atoms with E-state index in [1.807, 2.05) is 6.07 Å². The number of nitrogens with zero attached hydrogens (tertiary/aromatic N) is 2. The summed E-state index contributed by atoms with van der Waals surface area (Å²) in [5, 5.41) is 0.221. The van der Waals surface area contributed by atoms with Crippen molar-refractivity contribution in [2.75, 3.05) is 26.2 Å². The zero-order valence-electron chi connectivity index (χ0n) is 14.2. The minimum atomic E-state index is -3.64. The topological polar surface area (TPSA) is 57.7 Å². The molecule has 1 aromatic heterocycles. The van der Waals surface area contributed by atoms with E-state index in [-0.39, 0.29) is 28.9 Å². The second-order valence-electron chi connectivity index (χ2n) is 6.54. The molecule has 1 aliphatic carbocycles. The number of hydrogen-bond acceptors (Lipinski definition) is 4. The van der Waals surface area contributed by atoms with Crippen LogP contribution in [-0.2, 0) is 22.9 Å². The van der Waals surface area contributed by atoms with Gasteiger partial charge in [0, 0.05) is 31.1 Å². The second-order valence-corrected chi connectivity index (χ2v) is 9.99. The number of sulfonamides is 1. The molecule has 0 radical (unpaired) electrons. The molecule has 1 saturated heterocycles. The molecule has 0 atom stereocenters. The normalized spacial score (nSPS) is 18.1. The molecule has 2 heterocycles. The molecule has 8 heteroatoms. The number of aryl methyl sites for hydroxylation is 2. The van der Waals surface area contributed by atoms with Crippen LogP contribution in [0.2, 0.25) is 5.02 Å². The Kier molecular flexibility index (Phi) is 4.81. The molecule has 2 aliphatic rings.